The molecular weight excluding hydrogens is 323 g/mol. The van der Waals surface area contributed by atoms with Crippen molar-refractivity contribution in [3.8, 4) is 11.6 Å². The van der Waals surface area contributed by atoms with E-state index in [0.29, 0.717) is 18.5 Å². The number of pyridine rings is 1. The molecule has 6 nitrogen and oxygen atoms in total. The fourth-order valence-corrected chi connectivity index (χ4v) is 2.21. The summed E-state index contributed by atoms with van der Waals surface area (Å²) in [6.45, 7) is 0.750. The number of amides is 1. The van der Waals surface area contributed by atoms with Crippen molar-refractivity contribution in [2.75, 3.05) is 0 Å². The molecule has 3 rings (SSSR count). The fourth-order valence-electron chi connectivity index (χ4n) is 2.21. The predicted molar refractivity (Wildman–Crippen MR) is 89.4 cm³/mol. The van der Waals surface area contributed by atoms with E-state index in [1.165, 1.54) is 12.1 Å². The number of aryl methyl sites for hydroxylation is 1. The second kappa shape index (κ2) is 8.05. The number of hydrogen-bond donors (Lipinski definition) is 1. The molecule has 0 saturated carbocycles. The van der Waals surface area contributed by atoms with Gasteiger partial charge in [-0.2, -0.15) is 5.10 Å². The van der Waals surface area contributed by atoms with Gasteiger partial charge >= 0.3 is 0 Å². The van der Waals surface area contributed by atoms with Crippen molar-refractivity contribution < 1.29 is 13.9 Å². The summed E-state index contributed by atoms with van der Waals surface area (Å²) in [5, 5.41) is 6.86. The van der Waals surface area contributed by atoms with E-state index in [1.807, 2.05) is 0 Å². The molecule has 0 fully saturated rings. The molecule has 128 valence electrons. The van der Waals surface area contributed by atoms with E-state index in [1.54, 1.807) is 53.6 Å². The zero-order valence-electron chi connectivity index (χ0n) is 13.4. The highest BCUT2D eigenvalue weighted by molar-refractivity contribution is 5.75. The van der Waals surface area contributed by atoms with Gasteiger partial charge in [0.2, 0.25) is 11.8 Å². The van der Waals surface area contributed by atoms with E-state index >= 15 is 0 Å². The summed E-state index contributed by atoms with van der Waals surface area (Å²) in [7, 11) is 0. The third-order valence-corrected chi connectivity index (χ3v) is 3.50. The van der Waals surface area contributed by atoms with Gasteiger partial charge in [0.1, 0.15) is 0 Å². The number of carbonyl (C=O) groups excluding carboxylic acids is 1. The normalized spacial score (nSPS) is 10.4. The number of nitrogens with zero attached hydrogens (tertiary/aromatic N) is 3. The van der Waals surface area contributed by atoms with Crippen LogP contribution in [-0.2, 0) is 17.9 Å². The second-order valence-electron chi connectivity index (χ2n) is 5.30. The molecule has 0 atom stereocenters. The van der Waals surface area contributed by atoms with Crippen LogP contribution in [-0.4, -0.2) is 20.7 Å². The van der Waals surface area contributed by atoms with Crippen LogP contribution in [0, 0.1) is 5.82 Å². The summed E-state index contributed by atoms with van der Waals surface area (Å²) in [6, 6.07) is 11.4. The van der Waals surface area contributed by atoms with Gasteiger partial charge in [-0.05, 0) is 24.3 Å². The van der Waals surface area contributed by atoms with Crippen molar-refractivity contribution >= 4 is 5.91 Å². The van der Waals surface area contributed by atoms with E-state index in [2.05, 4.69) is 15.4 Å². The topological polar surface area (TPSA) is 69.0 Å². The van der Waals surface area contributed by atoms with Crippen LogP contribution in [0.15, 0.2) is 61.1 Å². The average Bonchev–Trinajstić information content (AvgIpc) is 3.15. The lowest BCUT2D eigenvalue weighted by Gasteiger charge is -2.11. The molecule has 2 aromatic heterocycles. The van der Waals surface area contributed by atoms with Crippen LogP contribution in [0.3, 0.4) is 0 Å². The maximum Gasteiger partial charge on any atom is 0.224 e. The van der Waals surface area contributed by atoms with Gasteiger partial charge in [-0.1, -0.05) is 18.2 Å². The Hall–Kier alpha value is -3.22. The quantitative estimate of drug-likeness (QED) is 0.718. The van der Waals surface area contributed by atoms with Crippen LogP contribution in [0.5, 0.6) is 11.6 Å². The van der Waals surface area contributed by atoms with Crippen molar-refractivity contribution in [2.45, 2.75) is 19.5 Å². The summed E-state index contributed by atoms with van der Waals surface area (Å²) in [6.07, 6.45) is 5.33. The summed E-state index contributed by atoms with van der Waals surface area (Å²) in [5.74, 6) is -0.231. The van der Waals surface area contributed by atoms with Gasteiger partial charge in [-0.15, -0.1) is 0 Å². The van der Waals surface area contributed by atoms with E-state index < -0.39 is 5.82 Å². The Morgan fingerprint density at radius 1 is 1.16 bits per heavy atom. The lowest BCUT2D eigenvalue weighted by Crippen LogP contribution is -2.24. The van der Waals surface area contributed by atoms with Gasteiger partial charge in [-0.25, -0.2) is 9.37 Å². The number of halogens is 1. The summed E-state index contributed by atoms with van der Waals surface area (Å²) in [4.78, 5) is 16.1. The Morgan fingerprint density at radius 3 is 2.84 bits per heavy atom. The van der Waals surface area contributed by atoms with Crippen LogP contribution in [0.4, 0.5) is 4.39 Å². The monoisotopic (exact) mass is 340 g/mol. The number of benzene rings is 1. The SMILES string of the molecule is O=C(CCn1cccn1)NCc1cccnc1Oc1ccccc1F. The molecule has 25 heavy (non-hydrogen) atoms. The summed E-state index contributed by atoms with van der Waals surface area (Å²) in [5.41, 5.74) is 0.665. The number of nitrogens with one attached hydrogen (secondary N) is 1. The van der Waals surface area contributed by atoms with Crippen LogP contribution in [0.2, 0.25) is 0 Å². The highest BCUT2D eigenvalue weighted by Gasteiger charge is 2.10. The Morgan fingerprint density at radius 2 is 2.04 bits per heavy atom. The molecule has 3 aromatic rings. The predicted octanol–water partition coefficient (Wildman–Crippen LogP) is 2.92. The Balaban J connectivity index is 1.59. The number of rotatable bonds is 7. The molecular formula is C18H17FN4O2. The van der Waals surface area contributed by atoms with Crippen LogP contribution >= 0.6 is 0 Å². The van der Waals surface area contributed by atoms with Crippen LogP contribution < -0.4 is 10.1 Å². The third kappa shape index (κ3) is 4.63. The van der Waals surface area contributed by atoms with Gasteiger partial charge in [-0.3, -0.25) is 9.48 Å². The molecule has 2 heterocycles. The molecule has 1 amide bonds. The summed E-state index contributed by atoms with van der Waals surface area (Å²) >= 11 is 0. The van der Waals surface area contributed by atoms with Gasteiger partial charge < -0.3 is 10.1 Å². The first-order valence-electron chi connectivity index (χ1n) is 7.83. The minimum absolute atomic E-state index is 0.0902. The van der Waals surface area contributed by atoms with E-state index in [-0.39, 0.29) is 24.1 Å². The van der Waals surface area contributed by atoms with Gasteiger partial charge in [0, 0.05) is 43.7 Å². The second-order valence-corrected chi connectivity index (χ2v) is 5.30. The first-order valence-corrected chi connectivity index (χ1v) is 7.83. The lowest BCUT2D eigenvalue weighted by atomic mass is 10.2. The molecule has 0 aliphatic carbocycles. The van der Waals surface area contributed by atoms with Crippen molar-refractivity contribution in [1.82, 2.24) is 20.1 Å². The molecule has 0 aliphatic rings. The molecule has 1 aromatic carbocycles. The van der Waals surface area contributed by atoms with Gasteiger partial charge in [0.15, 0.2) is 11.6 Å². The number of carbonyl (C=O) groups is 1. The minimum Gasteiger partial charge on any atom is -0.436 e. The summed E-state index contributed by atoms with van der Waals surface area (Å²) < 4.78 is 21.0. The molecule has 0 bridgehead atoms. The Kier molecular flexibility index (Phi) is 5.36. The van der Waals surface area contributed by atoms with Crippen molar-refractivity contribution in [2.24, 2.45) is 0 Å². The van der Waals surface area contributed by atoms with Crippen LogP contribution in [0.1, 0.15) is 12.0 Å². The maximum absolute atomic E-state index is 13.7. The molecule has 0 saturated heterocycles. The smallest absolute Gasteiger partial charge is 0.224 e. The fraction of sp³-hybridized carbons (Fsp3) is 0.167. The van der Waals surface area contributed by atoms with E-state index in [9.17, 15) is 9.18 Å². The Bertz CT molecular complexity index is 837. The van der Waals surface area contributed by atoms with E-state index in [4.69, 9.17) is 4.74 Å². The first-order chi connectivity index (χ1) is 12.2. The molecule has 0 radical (unpaired) electrons. The first kappa shape index (κ1) is 16.6. The zero-order valence-corrected chi connectivity index (χ0v) is 13.4. The third-order valence-electron chi connectivity index (χ3n) is 3.50. The largest absolute Gasteiger partial charge is 0.436 e. The molecule has 0 unspecified atom stereocenters. The van der Waals surface area contributed by atoms with Gasteiger partial charge in [0.05, 0.1) is 0 Å². The number of aromatic nitrogens is 3. The standard InChI is InChI=1S/C18H17FN4O2/c19-15-6-1-2-7-16(15)25-18-14(5-3-9-20-18)13-21-17(24)8-12-23-11-4-10-22-23/h1-7,9-11H,8,12-13H2,(H,21,24). The lowest BCUT2D eigenvalue weighted by molar-refractivity contribution is -0.121. The zero-order chi connectivity index (χ0) is 17.5. The molecule has 0 aliphatic heterocycles. The van der Waals surface area contributed by atoms with Gasteiger partial charge in [0.25, 0.3) is 0 Å². The molecule has 1 N–H and O–H groups in total. The van der Waals surface area contributed by atoms with Crippen molar-refractivity contribution in [3.63, 3.8) is 0 Å². The highest BCUT2D eigenvalue weighted by atomic mass is 19.1. The highest BCUT2D eigenvalue weighted by Crippen LogP contribution is 2.25. The van der Waals surface area contributed by atoms with Crippen molar-refractivity contribution in [3.05, 3.63) is 72.4 Å². The number of hydrogen-bond acceptors (Lipinski definition) is 4. The van der Waals surface area contributed by atoms with Crippen LogP contribution in [0.25, 0.3) is 0 Å². The molecule has 7 heteroatoms. The number of ether oxygens (including phenoxy) is 1. The number of para-hydroxylation sites is 1. The Labute approximate surface area is 144 Å². The minimum atomic E-state index is -0.470. The molecule has 0 spiro atoms. The van der Waals surface area contributed by atoms with E-state index in [0.717, 1.165) is 0 Å². The van der Waals surface area contributed by atoms with Crippen molar-refractivity contribution in [1.29, 1.82) is 0 Å². The average molecular weight is 340 g/mol. The maximum atomic E-state index is 13.7.